The third kappa shape index (κ3) is 2.84. The molecule has 3 atom stereocenters. The molecule has 0 spiro atoms. The van der Waals surface area contributed by atoms with Gasteiger partial charge in [-0.3, -0.25) is 4.79 Å². The molecule has 0 saturated heterocycles. The number of aryl methyl sites for hydroxylation is 1. The highest BCUT2D eigenvalue weighted by atomic mass is 16.5. The first-order valence-electron chi connectivity index (χ1n) is 7.27. The number of esters is 1. The summed E-state index contributed by atoms with van der Waals surface area (Å²) in [6, 6.07) is 9.74. The van der Waals surface area contributed by atoms with Gasteiger partial charge in [-0.2, -0.15) is 0 Å². The second kappa shape index (κ2) is 5.72. The van der Waals surface area contributed by atoms with Crippen LogP contribution in [0.25, 0.3) is 0 Å². The second-order valence-electron chi connectivity index (χ2n) is 5.73. The summed E-state index contributed by atoms with van der Waals surface area (Å²) in [5.41, 5.74) is 1.89. The van der Waals surface area contributed by atoms with Gasteiger partial charge in [-0.05, 0) is 24.8 Å². The molecule has 3 rings (SSSR count). The first-order valence-corrected chi connectivity index (χ1v) is 7.27. The summed E-state index contributed by atoms with van der Waals surface area (Å²) in [5.74, 6) is 1.02. The van der Waals surface area contributed by atoms with Crippen LogP contribution in [0.2, 0.25) is 0 Å². The van der Waals surface area contributed by atoms with E-state index in [0.717, 1.165) is 23.6 Å². The summed E-state index contributed by atoms with van der Waals surface area (Å²) < 4.78 is 10.8. The lowest BCUT2D eigenvalue weighted by Crippen LogP contribution is -2.39. The van der Waals surface area contributed by atoms with E-state index in [9.17, 15) is 4.79 Å². The van der Waals surface area contributed by atoms with Gasteiger partial charge in [-0.25, -0.2) is 4.98 Å². The maximum Gasteiger partial charge on any atom is 0.309 e. The zero-order chi connectivity index (χ0) is 14.8. The molecule has 0 aliphatic heterocycles. The van der Waals surface area contributed by atoms with E-state index < -0.39 is 0 Å². The maximum atomic E-state index is 12.1. The number of carbonyl (C=O) groups excluding carboxylic acids is 1. The second-order valence-corrected chi connectivity index (χ2v) is 5.73. The van der Waals surface area contributed by atoms with Gasteiger partial charge < -0.3 is 9.15 Å². The van der Waals surface area contributed by atoms with E-state index in [1.165, 1.54) is 0 Å². The number of carbonyl (C=O) groups is 1. The summed E-state index contributed by atoms with van der Waals surface area (Å²) in [5, 5.41) is 0. The van der Waals surface area contributed by atoms with E-state index in [1.807, 2.05) is 37.3 Å². The third-order valence-corrected chi connectivity index (χ3v) is 4.26. The molecule has 2 aromatic rings. The lowest BCUT2D eigenvalue weighted by Gasteiger charge is -2.38. The number of hydrogen-bond donors (Lipinski definition) is 0. The molecule has 1 saturated carbocycles. The standard InChI is InChI=1S/C17H19NO3/c1-11-9-20-16(18-11)14-8-15(12(14)2)17(19)21-10-13-6-4-3-5-7-13/h3-7,9,12,14-15H,8,10H2,1-2H3. The smallest absolute Gasteiger partial charge is 0.309 e. The van der Waals surface area contributed by atoms with Gasteiger partial charge in [-0.1, -0.05) is 37.3 Å². The quantitative estimate of drug-likeness (QED) is 0.807. The van der Waals surface area contributed by atoms with E-state index in [2.05, 4.69) is 11.9 Å². The van der Waals surface area contributed by atoms with Crippen LogP contribution < -0.4 is 0 Å². The zero-order valence-corrected chi connectivity index (χ0v) is 12.3. The summed E-state index contributed by atoms with van der Waals surface area (Å²) in [4.78, 5) is 16.5. The van der Waals surface area contributed by atoms with E-state index >= 15 is 0 Å². The van der Waals surface area contributed by atoms with Crippen LogP contribution in [-0.2, 0) is 16.1 Å². The fraction of sp³-hybridized carbons (Fsp3) is 0.412. The topological polar surface area (TPSA) is 52.3 Å². The van der Waals surface area contributed by atoms with Crippen LogP contribution in [0.5, 0.6) is 0 Å². The molecule has 110 valence electrons. The number of oxazole rings is 1. The minimum atomic E-state index is -0.120. The molecule has 0 bridgehead atoms. The predicted octanol–water partition coefficient (Wildman–Crippen LogP) is 3.47. The maximum absolute atomic E-state index is 12.1. The summed E-state index contributed by atoms with van der Waals surface area (Å²) in [7, 11) is 0. The molecule has 0 amide bonds. The molecule has 4 nitrogen and oxygen atoms in total. The third-order valence-electron chi connectivity index (χ3n) is 4.26. The van der Waals surface area contributed by atoms with Gasteiger partial charge in [0.05, 0.1) is 11.6 Å². The molecule has 1 heterocycles. The fourth-order valence-corrected chi connectivity index (χ4v) is 2.80. The van der Waals surface area contributed by atoms with Crippen molar-refractivity contribution in [3.63, 3.8) is 0 Å². The monoisotopic (exact) mass is 285 g/mol. The Morgan fingerprint density at radius 3 is 2.76 bits per heavy atom. The van der Waals surface area contributed by atoms with Gasteiger partial charge in [0.2, 0.25) is 0 Å². The molecule has 4 heteroatoms. The number of aromatic nitrogens is 1. The lowest BCUT2D eigenvalue weighted by molar-refractivity contribution is -0.157. The van der Waals surface area contributed by atoms with Crippen molar-refractivity contribution in [1.29, 1.82) is 0 Å². The summed E-state index contributed by atoms with van der Waals surface area (Å²) >= 11 is 0. The van der Waals surface area contributed by atoms with Crippen molar-refractivity contribution in [2.24, 2.45) is 11.8 Å². The molecular formula is C17H19NO3. The molecule has 1 fully saturated rings. The van der Waals surface area contributed by atoms with Crippen molar-refractivity contribution < 1.29 is 13.9 Å². The molecule has 0 radical (unpaired) electrons. The Morgan fingerprint density at radius 1 is 1.38 bits per heavy atom. The van der Waals surface area contributed by atoms with E-state index in [1.54, 1.807) is 6.26 Å². The highest BCUT2D eigenvalue weighted by Gasteiger charge is 2.46. The average molecular weight is 285 g/mol. The highest BCUT2D eigenvalue weighted by molar-refractivity contribution is 5.74. The Kier molecular flexibility index (Phi) is 3.78. The molecule has 0 N–H and O–H groups in total. The van der Waals surface area contributed by atoms with Crippen LogP contribution in [0.4, 0.5) is 0 Å². The average Bonchev–Trinajstić information content (AvgIpc) is 2.90. The number of rotatable bonds is 4. The number of hydrogen-bond acceptors (Lipinski definition) is 4. The predicted molar refractivity (Wildman–Crippen MR) is 77.5 cm³/mol. The molecule has 1 aliphatic carbocycles. The van der Waals surface area contributed by atoms with E-state index in [-0.39, 0.29) is 23.7 Å². The van der Waals surface area contributed by atoms with Gasteiger partial charge in [0, 0.05) is 5.92 Å². The van der Waals surface area contributed by atoms with Gasteiger partial charge in [0.1, 0.15) is 12.9 Å². The normalized spacial score (nSPS) is 24.4. The molecule has 1 aliphatic rings. The first-order chi connectivity index (χ1) is 10.1. The SMILES string of the molecule is Cc1coc(C2CC(C(=O)OCc3ccccc3)C2C)n1. The molecule has 1 aromatic heterocycles. The van der Waals surface area contributed by atoms with Crippen molar-refractivity contribution in [3.8, 4) is 0 Å². The van der Waals surface area contributed by atoms with Gasteiger partial charge in [-0.15, -0.1) is 0 Å². The minimum Gasteiger partial charge on any atom is -0.461 e. The van der Waals surface area contributed by atoms with Crippen molar-refractivity contribution in [2.75, 3.05) is 0 Å². The minimum absolute atomic E-state index is 0.0501. The Morgan fingerprint density at radius 2 is 2.14 bits per heavy atom. The Labute approximate surface area is 124 Å². The zero-order valence-electron chi connectivity index (χ0n) is 12.3. The molecule has 1 aromatic carbocycles. The number of benzene rings is 1. The van der Waals surface area contributed by atoms with Crippen LogP contribution in [0.3, 0.4) is 0 Å². The van der Waals surface area contributed by atoms with Gasteiger partial charge in [0.15, 0.2) is 5.89 Å². The van der Waals surface area contributed by atoms with Crippen LogP contribution >= 0.6 is 0 Å². The summed E-state index contributed by atoms with van der Waals surface area (Å²) in [6.07, 6.45) is 2.41. The lowest BCUT2D eigenvalue weighted by atomic mass is 9.65. The van der Waals surface area contributed by atoms with Gasteiger partial charge >= 0.3 is 5.97 Å². The van der Waals surface area contributed by atoms with Crippen LogP contribution in [0, 0.1) is 18.8 Å². The first kappa shape index (κ1) is 13.9. The van der Waals surface area contributed by atoms with Crippen molar-refractivity contribution >= 4 is 5.97 Å². The number of ether oxygens (including phenoxy) is 1. The Bertz CT molecular complexity index is 620. The van der Waals surface area contributed by atoms with E-state index in [0.29, 0.717) is 6.61 Å². The van der Waals surface area contributed by atoms with Crippen molar-refractivity contribution in [3.05, 3.63) is 53.7 Å². The summed E-state index contributed by atoms with van der Waals surface area (Å²) in [6.45, 7) is 4.30. The van der Waals surface area contributed by atoms with Crippen LogP contribution in [0.1, 0.15) is 36.4 Å². The highest BCUT2D eigenvalue weighted by Crippen LogP contribution is 2.47. The van der Waals surface area contributed by atoms with Crippen molar-refractivity contribution in [2.45, 2.75) is 32.8 Å². The number of nitrogens with zero attached hydrogens (tertiary/aromatic N) is 1. The molecule has 21 heavy (non-hydrogen) atoms. The van der Waals surface area contributed by atoms with E-state index in [4.69, 9.17) is 9.15 Å². The van der Waals surface area contributed by atoms with Crippen LogP contribution in [-0.4, -0.2) is 11.0 Å². The van der Waals surface area contributed by atoms with Crippen molar-refractivity contribution in [1.82, 2.24) is 4.98 Å². The van der Waals surface area contributed by atoms with Gasteiger partial charge in [0.25, 0.3) is 0 Å². The Hall–Kier alpha value is -2.10. The molecular weight excluding hydrogens is 266 g/mol. The fourth-order valence-electron chi connectivity index (χ4n) is 2.80. The molecule has 3 unspecified atom stereocenters. The largest absolute Gasteiger partial charge is 0.461 e. The van der Waals surface area contributed by atoms with Crippen LogP contribution in [0.15, 0.2) is 41.0 Å². The Balaban J connectivity index is 1.53.